The van der Waals surface area contributed by atoms with E-state index in [9.17, 15) is 9.90 Å². The molecule has 2 fully saturated rings. The molecule has 4 rings (SSSR count). The van der Waals surface area contributed by atoms with E-state index >= 15 is 0 Å². The highest BCUT2D eigenvalue weighted by Gasteiger charge is 2.62. The molecule has 0 amide bonds. The summed E-state index contributed by atoms with van der Waals surface area (Å²) in [7, 11) is 0. The molecule has 6 unspecified atom stereocenters. The molecule has 1 aromatic heterocycles. The first-order chi connectivity index (χ1) is 14.4. The summed E-state index contributed by atoms with van der Waals surface area (Å²) in [5.41, 5.74) is 1.41. The van der Waals surface area contributed by atoms with Crippen molar-refractivity contribution in [2.24, 2.45) is 23.7 Å². The van der Waals surface area contributed by atoms with Gasteiger partial charge in [0.1, 0.15) is 6.10 Å². The van der Waals surface area contributed by atoms with Crippen LogP contribution in [-0.2, 0) is 9.53 Å². The zero-order valence-corrected chi connectivity index (χ0v) is 17.8. The van der Waals surface area contributed by atoms with Gasteiger partial charge in [0.2, 0.25) is 0 Å². The summed E-state index contributed by atoms with van der Waals surface area (Å²) in [6.45, 7) is 6.20. The van der Waals surface area contributed by atoms with Crippen LogP contribution in [0.3, 0.4) is 0 Å². The number of nitrogens with zero attached hydrogens (tertiary/aromatic N) is 1. The van der Waals surface area contributed by atoms with Gasteiger partial charge in [-0.25, -0.2) is 4.79 Å². The van der Waals surface area contributed by atoms with Gasteiger partial charge < -0.3 is 15.2 Å². The number of allylic oxidation sites excluding steroid dienone is 1. The van der Waals surface area contributed by atoms with Crippen LogP contribution in [0.25, 0.3) is 6.08 Å². The van der Waals surface area contributed by atoms with Crippen LogP contribution in [0.1, 0.15) is 39.3 Å². The van der Waals surface area contributed by atoms with Gasteiger partial charge in [-0.2, -0.15) is 0 Å². The Hall–Kier alpha value is -2.66. The molecule has 1 aromatic carbocycles. The number of aromatic nitrogens is 1. The average molecular weight is 407 g/mol. The van der Waals surface area contributed by atoms with Gasteiger partial charge in [0, 0.05) is 11.6 Å². The number of aliphatic hydroxyl groups is 1. The smallest absolute Gasteiger partial charge is 0.338 e. The van der Waals surface area contributed by atoms with Crippen molar-refractivity contribution in [3.8, 4) is 0 Å². The van der Waals surface area contributed by atoms with E-state index in [4.69, 9.17) is 4.74 Å². The molecular formula is C25H30N2O3. The predicted molar refractivity (Wildman–Crippen MR) is 118 cm³/mol. The lowest BCUT2D eigenvalue weighted by molar-refractivity contribution is -0.160. The monoisotopic (exact) mass is 406 g/mol. The first-order valence-electron chi connectivity index (χ1n) is 10.8. The van der Waals surface area contributed by atoms with Gasteiger partial charge in [-0.05, 0) is 61.4 Å². The van der Waals surface area contributed by atoms with Crippen LogP contribution >= 0.6 is 0 Å². The maximum absolute atomic E-state index is 12.4. The quantitative estimate of drug-likeness (QED) is 0.697. The molecule has 0 radical (unpaired) electrons. The van der Waals surface area contributed by atoms with Crippen molar-refractivity contribution in [2.45, 2.75) is 45.3 Å². The van der Waals surface area contributed by atoms with Crippen molar-refractivity contribution in [3.05, 3.63) is 60.4 Å². The number of cyclic esters (lactones) is 1. The molecule has 0 bridgehead atoms. The number of esters is 1. The molecule has 30 heavy (non-hydrogen) atoms. The second-order valence-electron chi connectivity index (χ2n) is 8.71. The third-order valence-electron chi connectivity index (χ3n) is 6.79. The fourth-order valence-electron chi connectivity index (χ4n) is 5.42. The normalized spacial score (nSPS) is 33.3. The van der Waals surface area contributed by atoms with E-state index < -0.39 is 11.6 Å². The Morgan fingerprint density at radius 3 is 2.63 bits per heavy atom. The molecule has 1 saturated carbocycles. The number of anilines is 2. The average Bonchev–Trinajstić information content (AvgIpc) is 2.95. The fraction of sp³-hybridized carbons (Fsp3) is 0.440. The predicted octanol–water partition coefficient (Wildman–Crippen LogP) is 4.81. The minimum absolute atomic E-state index is 0.0640. The molecule has 2 N–H and O–H groups in total. The summed E-state index contributed by atoms with van der Waals surface area (Å²) in [4.78, 5) is 16.9. The van der Waals surface area contributed by atoms with E-state index in [2.05, 4.69) is 30.2 Å². The first kappa shape index (κ1) is 20.6. The van der Waals surface area contributed by atoms with Gasteiger partial charge in [0.05, 0.1) is 17.6 Å². The largest absolute Gasteiger partial charge is 0.460 e. The topological polar surface area (TPSA) is 71.5 Å². The van der Waals surface area contributed by atoms with Crippen molar-refractivity contribution >= 4 is 23.4 Å². The summed E-state index contributed by atoms with van der Waals surface area (Å²) < 4.78 is 5.46. The second-order valence-corrected chi connectivity index (χ2v) is 8.71. The number of hydrogen-bond acceptors (Lipinski definition) is 5. The number of benzene rings is 1. The molecule has 2 aliphatic rings. The number of carbonyl (C=O) groups is 1. The Morgan fingerprint density at radius 1 is 1.20 bits per heavy atom. The second kappa shape index (κ2) is 8.23. The van der Waals surface area contributed by atoms with Crippen molar-refractivity contribution < 1.29 is 14.6 Å². The number of pyridine rings is 1. The Labute approximate surface area is 178 Å². The van der Waals surface area contributed by atoms with E-state index in [-0.39, 0.29) is 23.9 Å². The third kappa shape index (κ3) is 3.74. The maximum atomic E-state index is 12.4. The van der Waals surface area contributed by atoms with E-state index in [1.165, 1.54) is 0 Å². The summed E-state index contributed by atoms with van der Waals surface area (Å²) in [5, 5.41) is 14.5. The van der Waals surface area contributed by atoms with Gasteiger partial charge in [-0.15, -0.1) is 0 Å². The van der Waals surface area contributed by atoms with Crippen molar-refractivity contribution in [2.75, 3.05) is 5.32 Å². The van der Waals surface area contributed by atoms with E-state index in [1.807, 2.05) is 61.7 Å². The summed E-state index contributed by atoms with van der Waals surface area (Å²) >= 11 is 0. The van der Waals surface area contributed by atoms with Crippen molar-refractivity contribution in [3.63, 3.8) is 0 Å². The number of para-hydroxylation sites is 1. The van der Waals surface area contributed by atoms with Gasteiger partial charge in [-0.3, -0.25) is 4.98 Å². The Bertz CT molecular complexity index is 912. The van der Waals surface area contributed by atoms with Gasteiger partial charge >= 0.3 is 5.97 Å². The van der Waals surface area contributed by atoms with E-state index in [0.717, 1.165) is 23.5 Å². The van der Waals surface area contributed by atoms with Crippen LogP contribution < -0.4 is 5.32 Å². The molecule has 0 spiro atoms. The van der Waals surface area contributed by atoms with Crippen molar-refractivity contribution in [1.29, 1.82) is 0 Å². The van der Waals surface area contributed by atoms with Crippen LogP contribution in [0.2, 0.25) is 0 Å². The highest BCUT2D eigenvalue weighted by Crippen LogP contribution is 2.52. The molecule has 1 aliphatic carbocycles. The molecule has 1 aliphatic heterocycles. The molecule has 5 nitrogen and oxygen atoms in total. The number of carbonyl (C=O) groups excluding carboxylic acids is 1. The van der Waals surface area contributed by atoms with Crippen LogP contribution in [0.5, 0.6) is 0 Å². The SMILES string of the molecule is CCC1C(C)CC2(O)C(=O)OC(C)C2C1/C=C/c1ccc(Nc2ccccc2)cn1. The lowest BCUT2D eigenvalue weighted by Crippen LogP contribution is -2.53. The lowest BCUT2D eigenvalue weighted by atomic mass is 9.59. The first-order valence-corrected chi connectivity index (χ1v) is 10.8. The third-order valence-corrected chi connectivity index (χ3v) is 6.79. The lowest BCUT2D eigenvalue weighted by Gasteiger charge is -2.45. The highest BCUT2D eigenvalue weighted by molar-refractivity contribution is 5.82. The van der Waals surface area contributed by atoms with Crippen LogP contribution in [0, 0.1) is 23.7 Å². The Morgan fingerprint density at radius 2 is 1.97 bits per heavy atom. The zero-order chi connectivity index (χ0) is 21.3. The molecule has 158 valence electrons. The molecule has 2 aromatic rings. The maximum Gasteiger partial charge on any atom is 0.338 e. The highest BCUT2D eigenvalue weighted by atomic mass is 16.6. The molecule has 2 heterocycles. The number of nitrogens with one attached hydrogen (secondary N) is 1. The van der Waals surface area contributed by atoms with Crippen LogP contribution in [0.4, 0.5) is 11.4 Å². The molecule has 5 heteroatoms. The minimum atomic E-state index is -1.38. The molecule has 1 saturated heterocycles. The van der Waals surface area contributed by atoms with Gasteiger partial charge in [0.15, 0.2) is 5.60 Å². The summed E-state index contributed by atoms with van der Waals surface area (Å²) in [6.07, 6.45) is 7.13. The number of ether oxygens (including phenoxy) is 1. The summed E-state index contributed by atoms with van der Waals surface area (Å²) in [6, 6.07) is 14.0. The fourth-order valence-corrected chi connectivity index (χ4v) is 5.42. The molecule has 6 atom stereocenters. The van der Waals surface area contributed by atoms with Crippen molar-refractivity contribution in [1.82, 2.24) is 4.98 Å². The zero-order valence-electron chi connectivity index (χ0n) is 17.8. The van der Waals surface area contributed by atoms with Gasteiger partial charge in [-0.1, -0.05) is 44.5 Å². The standard InChI is InChI=1S/C25H30N2O3/c1-4-21-16(2)14-25(29)23(17(3)30-24(25)28)22(21)13-12-18-10-11-20(15-26-18)27-19-8-6-5-7-9-19/h5-13,15-17,21-23,27,29H,4,14H2,1-3H3/b13-12+. The number of hydrogen-bond donors (Lipinski definition) is 2. The Balaban J connectivity index is 1.54. The van der Waals surface area contributed by atoms with E-state index in [1.54, 1.807) is 0 Å². The minimum Gasteiger partial charge on any atom is -0.460 e. The van der Waals surface area contributed by atoms with Crippen LogP contribution in [0.15, 0.2) is 54.7 Å². The Kier molecular flexibility index (Phi) is 5.65. The molecular weight excluding hydrogens is 376 g/mol. The van der Waals surface area contributed by atoms with Gasteiger partial charge in [0.25, 0.3) is 0 Å². The number of rotatable bonds is 5. The number of fused-ring (bicyclic) bond motifs is 1. The van der Waals surface area contributed by atoms with E-state index in [0.29, 0.717) is 12.3 Å². The summed E-state index contributed by atoms with van der Waals surface area (Å²) in [5.74, 6) is 0.0152. The van der Waals surface area contributed by atoms with Crippen LogP contribution in [-0.4, -0.2) is 27.8 Å².